The lowest BCUT2D eigenvalue weighted by molar-refractivity contribution is 0.590. The molecular formula is C16H22FN3O2S. The lowest BCUT2D eigenvalue weighted by atomic mass is 10.1. The van der Waals surface area contributed by atoms with Gasteiger partial charge in [-0.1, -0.05) is 19.4 Å². The maximum Gasteiger partial charge on any atom is 0.235 e. The van der Waals surface area contributed by atoms with Crippen molar-refractivity contribution in [2.75, 3.05) is 4.72 Å². The summed E-state index contributed by atoms with van der Waals surface area (Å²) >= 11 is 0. The molecule has 126 valence electrons. The molecule has 0 bridgehead atoms. The van der Waals surface area contributed by atoms with Crippen LogP contribution in [0.4, 0.5) is 10.1 Å². The lowest BCUT2D eigenvalue weighted by Gasteiger charge is -2.12. The van der Waals surface area contributed by atoms with Crippen LogP contribution in [0.2, 0.25) is 0 Å². The van der Waals surface area contributed by atoms with Gasteiger partial charge in [-0.05, 0) is 32.4 Å². The number of nitrogens with one attached hydrogen (secondary N) is 1. The van der Waals surface area contributed by atoms with E-state index in [1.807, 2.05) is 4.57 Å². The second-order valence-electron chi connectivity index (χ2n) is 5.71. The Morgan fingerprint density at radius 3 is 2.74 bits per heavy atom. The fourth-order valence-electron chi connectivity index (χ4n) is 2.04. The van der Waals surface area contributed by atoms with Gasteiger partial charge in [0.05, 0.1) is 23.0 Å². The summed E-state index contributed by atoms with van der Waals surface area (Å²) in [7, 11) is -3.60. The van der Waals surface area contributed by atoms with Crippen LogP contribution in [0.3, 0.4) is 0 Å². The highest BCUT2D eigenvalue weighted by molar-refractivity contribution is 7.93. The molecule has 0 atom stereocenters. The Morgan fingerprint density at radius 1 is 1.35 bits per heavy atom. The van der Waals surface area contributed by atoms with Gasteiger partial charge < -0.3 is 4.57 Å². The van der Waals surface area contributed by atoms with Crippen molar-refractivity contribution in [1.82, 2.24) is 9.55 Å². The summed E-state index contributed by atoms with van der Waals surface area (Å²) in [5, 5.41) is -0.640. The van der Waals surface area contributed by atoms with Gasteiger partial charge >= 0.3 is 0 Å². The molecule has 0 aliphatic carbocycles. The van der Waals surface area contributed by atoms with Crippen LogP contribution in [-0.2, 0) is 16.6 Å². The minimum absolute atomic E-state index is 0.0562. The van der Waals surface area contributed by atoms with Crippen LogP contribution in [0.25, 0.3) is 11.3 Å². The molecule has 1 aromatic heterocycles. The Hall–Kier alpha value is -1.89. The van der Waals surface area contributed by atoms with E-state index in [0.29, 0.717) is 5.69 Å². The van der Waals surface area contributed by atoms with Gasteiger partial charge in [-0.25, -0.2) is 17.8 Å². The van der Waals surface area contributed by atoms with E-state index in [4.69, 9.17) is 0 Å². The maximum absolute atomic E-state index is 14.6. The minimum Gasteiger partial charge on any atom is -0.337 e. The SMILES string of the molecule is CCCCn1cnc(-c2cccc(NS(=O)(=O)C(C)C)c2F)c1. The van der Waals surface area contributed by atoms with Crippen LogP contribution in [-0.4, -0.2) is 23.2 Å². The summed E-state index contributed by atoms with van der Waals surface area (Å²) in [6.07, 6.45) is 5.52. The van der Waals surface area contributed by atoms with Gasteiger partial charge in [-0.2, -0.15) is 0 Å². The molecule has 0 radical (unpaired) electrons. The van der Waals surface area contributed by atoms with Gasteiger partial charge in [-0.15, -0.1) is 0 Å². The van der Waals surface area contributed by atoms with Gasteiger partial charge in [-0.3, -0.25) is 4.72 Å². The molecule has 2 rings (SSSR count). The molecule has 1 heterocycles. The fourth-order valence-corrected chi connectivity index (χ4v) is 2.74. The molecule has 0 saturated carbocycles. The molecule has 0 saturated heterocycles. The quantitative estimate of drug-likeness (QED) is 0.837. The smallest absolute Gasteiger partial charge is 0.235 e. The number of aromatic nitrogens is 2. The first-order valence-electron chi connectivity index (χ1n) is 7.67. The number of unbranched alkanes of at least 4 members (excludes halogenated alkanes) is 1. The van der Waals surface area contributed by atoms with Crippen molar-refractivity contribution in [3.05, 3.63) is 36.5 Å². The predicted molar refractivity (Wildman–Crippen MR) is 90.2 cm³/mol. The van der Waals surface area contributed by atoms with Crippen LogP contribution in [0, 0.1) is 5.82 Å². The number of anilines is 1. The molecule has 0 amide bonds. The second kappa shape index (κ2) is 7.12. The molecule has 7 heteroatoms. The van der Waals surface area contributed by atoms with Crippen LogP contribution < -0.4 is 4.72 Å². The van der Waals surface area contributed by atoms with E-state index in [9.17, 15) is 12.8 Å². The van der Waals surface area contributed by atoms with Crippen molar-refractivity contribution in [3.8, 4) is 11.3 Å². The third-order valence-electron chi connectivity index (χ3n) is 3.55. The molecule has 0 aliphatic rings. The molecule has 23 heavy (non-hydrogen) atoms. The number of imidazole rings is 1. The Bertz CT molecular complexity index is 769. The third kappa shape index (κ3) is 4.10. The lowest BCUT2D eigenvalue weighted by Crippen LogP contribution is -2.23. The number of sulfonamides is 1. The van der Waals surface area contributed by atoms with Crippen molar-refractivity contribution in [2.45, 2.75) is 45.4 Å². The summed E-state index contributed by atoms with van der Waals surface area (Å²) in [6, 6.07) is 4.61. The van der Waals surface area contributed by atoms with Crippen LogP contribution in [0.5, 0.6) is 0 Å². The fraction of sp³-hybridized carbons (Fsp3) is 0.438. The molecule has 0 fully saturated rings. The van der Waals surface area contributed by atoms with E-state index in [2.05, 4.69) is 16.6 Å². The zero-order valence-corrected chi connectivity index (χ0v) is 14.4. The first kappa shape index (κ1) is 17.5. The Labute approximate surface area is 136 Å². The molecule has 0 unspecified atom stereocenters. The zero-order valence-electron chi connectivity index (χ0n) is 13.6. The normalized spacial score (nSPS) is 11.9. The highest BCUT2D eigenvalue weighted by Gasteiger charge is 2.19. The number of halogens is 1. The van der Waals surface area contributed by atoms with Crippen molar-refractivity contribution >= 4 is 15.7 Å². The average Bonchev–Trinajstić information content (AvgIpc) is 2.95. The summed E-state index contributed by atoms with van der Waals surface area (Å²) in [4.78, 5) is 4.22. The first-order chi connectivity index (χ1) is 10.8. The maximum atomic E-state index is 14.6. The van der Waals surface area contributed by atoms with Crippen LogP contribution >= 0.6 is 0 Å². The van der Waals surface area contributed by atoms with E-state index in [1.165, 1.54) is 6.07 Å². The third-order valence-corrected chi connectivity index (χ3v) is 5.30. The molecule has 0 spiro atoms. The van der Waals surface area contributed by atoms with Gasteiger partial charge in [0.2, 0.25) is 10.0 Å². The van der Waals surface area contributed by atoms with Crippen LogP contribution in [0.1, 0.15) is 33.6 Å². The summed E-state index contributed by atoms with van der Waals surface area (Å²) < 4.78 is 42.7. The van der Waals surface area contributed by atoms with E-state index in [-0.39, 0.29) is 11.3 Å². The summed E-state index contributed by atoms with van der Waals surface area (Å²) in [5.74, 6) is -0.613. The highest BCUT2D eigenvalue weighted by Crippen LogP contribution is 2.27. The topological polar surface area (TPSA) is 64.0 Å². The summed E-state index contributed by atoms with van der Waals surface area (Å²) in [6.45, 7) is 6.01. The van der Waals surface area contributed by atoms with E-state index < -0.39 is 21.1 Å². The van der Waals surface area contributed by atoms with Crippen molar-refractivity contribution < 1.29 is 12.8 Å². The van der Waals surface area contributed by atoms with Crippen molar-refractivity contribution in [2.24, 2.45) is 0 Å². The van der Waals surface area contributed by atoms with E-state index in [0.717, 1.165) is 19.4 Å². The van der Waals surface area contributed by atoms with Crippen molar-refractivity contribution in [3.63, 3.8) is 0 Å². The number of benzene rings is 1. The Morgan fingerprint density at radius 2 is 2.09 bits per heavy atom. The average molecular weight is 339 g/mol. The number of nitrogens with zero attached hydrogens (tertiary/aromatic N) is 2. The zero-order chi connectivity index (χ0) is 17.0. The first-order valence-corrected chi connectivity index (χ1v) is 9.22. The van der Waals surface area contributed by atoms with Gasteiger partial charge in [0.1, 0.15) is 0 Å². The molecule has 5 nitrogen and oxygen atoms in total. The summed E-state index contributed by atoms with van der Waals surface area (Å²) in [5.41, 5.74) is 0.715. The standard InChI is InChI=1S/C16H22FN3O2S/c1-4-5-9-20-10-15(18-11-20)13-7-6-8-14(16(13)17)19-23(21,22)12(2)3/h6-8,10-12,19H,4-5,9H2,1-3H3. The Kier molecular flexibility index (Phi) is 5.41. The molecule has 1 aromatic carbocycles. The minimum atomic E-state index is -3.60. The van der Waals surface area contributed by atoms with Gasteiger partial charge in [0.15, 0.2) is 5.82 Å². The van der Waals surface area contributed by atoms with Gasteiger partial charge in [0.25, 0.3) is 0 Å². The second-order valence-corrected chi connectivity index (χ2v) is 7.95. The number of rotatable bonds is 7. The molecule has 2 aromatic rings. The van der Waals surface area contributed by atoms with Crippen molar-refractivity contribution in [1.29, 1.82) is 0 Å². The Balaban J connectivity index is 2.31. The monoisotopic (exact) mass is 339 g/mol. The number of hydrogen-bond acceptors (Lipinski definition) is 3. The molecule has 0 aliphatic heterocycles. The number of aryl methyl sites for hydroxylation is 1. The highest BCUT2D eigenvalue weighted by atomic mass is 32.2. The predicted octanol–water partition coefficient (Wildman–Crippen LogP) is 3.64. The molecular weight excluding hydrogens is 317 g/mol. The van der Waals surface area contributed by atoms with E-state index in [1.54, 1.807) is 38.5 Å². The molecule has 1 N–H and O–H groups in total. The van der Waals surface area contributed by atoms with Gasteiger partial charge in [0, 0.05) is 18.3 Å². The van der Waals surface area contributed by atoms with E-state index >= 15 is 0 Å². The van der Waals surface area contributed by atoms with Crippen LogP contribution in [0.15, 0.2) is 30.7 Å². The number of hydrogen-bond donors (Lipinski definition) is 1. The largest absolute Gasteiger partial charge is 0.337 e.